The van der Waals surface area contributed by atoms with Gasteiger partial charge < -0.3 is 10.4 Å². The number of hydrogen-bond donors (Lipinski definition) is 2. The fourth-order valence-electron chi connectivity index (χ4n) is 1.74. The number of rotatable bonds is 4. The van der Waals surface area contributed by atoms with Crippen LogP contribution in [0.4, 0.5) is 11.4 Å². The Hall–Kier alpha value is -3.00. The third-order valence-corrected chi connectivity index (χ3v) is 2.79. The number of nitrogens with one attached hydrogen (secondary N) is 1. The van der Waals surface area contributed by atoms with Crippen molar-refractivity contribution in [2.75, 3.05) is 5.32 Å². The lowest BCUT2D eigenvalue weighted by molar-refractivity contribution is -0.384. The molecule has 0 bridgehead atoms. The number of hydrogen-bond acceptors (Lipinski definition) is 4. The van der Waals surface area contributed by atoms with Crippen LogP contribution in [0.25, 0.3) is 0 Å². The van der Waals surface area contributed by atoms with Crippen molar-refractivity contribution in [2.45, 2.75) is 6.54 Å². The highest BCUT2D eigenvalue weighted by Crippen LogP contribution is 2.24. The van der Waals surface area contributed by atoms with Crippen molar-refractivity contribution < 1.29 is 10.0 Å². The van der Waals surface area contributed by atoms with Crippen LogP contribution >= 0.6 is 0 Å². The molecule has 20 heavy (non-hydrogen) atoms. The van der Waals surface area contributed by atoms with Crippen molar-refractivity contribution in [3.8, 4) is 18.1 Å². The zero-order chi connectivity index (χ0) is 14.5. The van der Waals surface area contributed by atoms with Crippen molar-refractivity contribution in [3.63, 3.8) is 0 Å². The van der Waals surface area contributed by atoms with Crippen LogP contribution in [-0.4, -0.2) is 10.0 Å². The maximum absolute atomic E-state index is 10.7. The molecule has 2 N–H and O–H groups in total. The summed E-state index contributed by atoms with van der Waals surface area (Å²) in [6.45, 7) is 0.265. The van der Waals surface area contributed by atoms with Crippen LogP contribution in [0.1, 0.15) is 11.1 Å². The molecule has 5 nitrogen and oxygen atoms in total. The molecule has 0 heterocycles. The molecular weight excluding hydrogens is 256 g/mol. The molecule has 0 amide bonds. The summed E-state index contributed by atoms with van der Waals surface area (Å²) in [6.07, 6.45) is 5.31. The van der Waals surface area contributed by atoms with Crippen LogP contribution in [0.5, 0.6) is 5.75 Å². The van der Waals surface area contributed by atoms with Crippen LogP contribution < -0.4 is 5.32 Å². The van der Waals surface area contributed by atoms with Gasteiger partial charge in [-0.1, -0.05) is 12.0 Å². The Kier molecular flexibility index (Phi) is 3.87. The summed E-state index contributed by atoms with van der Waals surface area (Å²) in [7, 11) is 0. The van der Waals surface area contributed by atoms with E-state index in [-0.39, 0.29) is 18.0 Å². The molecule has 0 spiro atoms. The number of phenols is 1. The SMILES string of the molecule is C#Cc1cccc(NCc2cc([N+](=O)[O-])ccc2O)c1. The summed E-state index contributed by atoms with van der Waals surface area (Å²) in [5.41, 5.74) is 1.91. The smallest absolute Gasteiger partial charge is 0.270 e. The molecule has 2 aromatic carbocycles. The molecule has 0 aliphatic heterocycles. The van der Waals surface area contributed by atoms with E-state index in [9.17, 15) is 15.2 Å². The molecule has 0 aromatic heterocycles. The minimum atomic E-state index is -0.498. The van der Waals surface area contributed by atoms with E-state index < -0.39 is 4.92 Å². The fraction of sp³-hybridized carbons (Fsp3) is 0.0667. The van der Waals surface area contributed by atoms with E-state index in [1.54, 1.807) is 12.1 Å². The van der Waals surface area contributed by atoms with Crippen LogP contribution in [0.15, 0.2) is 42.5 Å². The van der Waals surface area contributed by atoms with Gasteiger partial charge in [-0.05, 0) is 24.3 Å². The number of nitro groups is 1. The Morgan fingerprint density at radius 2 is 2.10 bits per heavy atom. The first-order valence-corrected chi connectivity index (χ1v) is 5.87. The van der Waals surface area contributed by atoms with Gasteiger partial charge in [0.2, 0.25) is 0 Å². The van der Waals surface area contributed by atoms with Gasteiger partial charge in [-0.15, -0.1) is 6.42 Å². The number of nitro benzene ring substituents is 1. The average Bonchev–Trinajstić information content (AvgIpc) is 2.46. The van der Waals surface area contributed by atoms with Crippen LogP contribution in [0.3, 0.4) is 0 Å². The highest BCUT2D eigenvalue weighted by atomic mass is 16.6. The lowest BCUT2D eigenvalue weighted by Crippen LogP contribution is -2.01. The van der Waals surface area contributed by atoms with Gasteiger partial charge in [-0.3, -0.25) is 10.1 Å². The lowest BCUT2D eigenvalue weighted by atomic mass is 10.1. The van der Waals surface area contributed by atoms with Crippen molar-refractivity contribution >= 4 is 11.4 Å². The third-order valence-electron chi connectivity index (χ3n) is 2.79. The molecule has 0 unspecified atom stereocenters. The summed E-state index contributed by atoms with van der Waals surface area (Å²) in [6, 6.07) is 11.1. The summed E-state index contributed by atoms with van der Waals surface area (Å²) >= 11 is 0. The monoisotopic (exact) mass is 268 g/mol. The summed E-state index contributed by atoms with van der Waals surface area (Å²) in [5, 5.41) is 23.5. The summed E-state index contributed by atoms with van der Waals surface area (Å²) in [5.74, 6) is 2.53. The van der Waals surface area contributed by atoms with Gasteiger partial charge in [0.1, 0.15) is 5.75 Å². The van der Waals surface area contributed by atoms with Gasteiger partial charge in [-0.25, -0.2) is 0 Å². The number of terminal acetylenes is 1. The van der Waals surface area contributed by atoms with E-state index in [1.165, 1.54) is 18.2 Å². The maximum Gasteiger partial charge on any atom is 0.270 e. The second kappa shape index (κ2) is 5.76. The third kappa shape index (κ3) is 3.06. The predicted molar refractivity (Wildman–Crippen MR) is 76.5 cm³/mol. The minimum absolute atomic E-state index is 0.0104. The lowest BCUT2D eigenvalue weighted by Gasteiger charge is -2.08. The number of phenolic OH excluding ortho intramolecular Hbond substituents is 1. The standard InChI is InChI=1S/C15H12N2O3/c1-2-11-4-3-5-13(8-11)16-10-12-9-14(17(19)20)6-7-15(12)18/h1,3-9,16,18H,10H2. The molecule has 0 saturated heterocycles. The van der Waals surface area contributed by atoms with E-state index in [0.717, 1.165) is 11.3 Å². The van der Waals surface area contributed by atoms with Crippen molar-refractivity contribution in [1.29, 1.82) is 0 Å². The van der Waals surface area contributed by atoms with Gasteiger partial charge >= 0.3 is 0 Å². The van der Waals surface area contributed by atoms with E-state index in [0.29, 0.717) is 5.56 Å². The Morgan fingerprint density at radius 3 is 2.80 bits per heavy atom. The molecule has 2 rings (SSSR count). The summed E-state index contributed by atoms with van der Waals surface area (Å²) in [4.78, 5) is 10.2. The maximum atomic E-state index is 10.7. The number of non-ortho nitro benzene ring substituents is 1. The average molecular weight is 268 g/mol. The van der Waals surface area contributed by atoms with Crippen LogP contribution in [0.2, 0.25) is 0 Å². The van der Waals surface area contributed by atoms with Crippen LogP contribution in [0, 0.1) is 22.5 Å². The highest BCUT2D eigenvalue weighted by Gasteiger charge is 2.10. The number of benzene rings is 2. The second-order valence-corrected chi connectivity index (χ2v) is 4.15. The molecule has 0 aliphatic rings. The van der Waals surface area contributed by atoms with Gasteiger partial charge in [0.15, 0.2) is 0 Å². The van der Waals surface area contributed by atoms with E-state index in [1.807, 2.05) is 12.1 Å². The quantitative estimate of drug-likeness (QED) is 0.508. The highest BCUT2D eigenvalue weighted by molar-refractivity contribution is 5.51. The molecule has 100 valence electrons. The van der Waals surface area contributed by atoms with E-state index in [4.69, 9.17) is 6.42 Å². The first-order valence-electron chi connectivity index (χ1n) is 5.87. The van der Waals surface area contributed by atoms with E-state index in [2.05, 4.69) is 11.2 Å². The zero-order valence-corrected chi connectivity index (χ0v) is 10.5. The van der Waals surface area contributed by atoms with Gasteiger partial charge in [-0.2, -0.15) is 0 Å². The van der Waals surface area contributed by atoms with Crippen molar-refractivity contribution in [2.24, 2.45) is 0 Å². The first kappa shape index (κ1) is 13.4. The van der Waals surface area contributed by atoms with Crippen molar-refractivity contribution in [1.82, 2.24) is 0 Å². The minimum Gasteiger partial charge on any atom is -0.508 e. The zero-order valence-electron chi connectivity index (χ0n) is 10.5. The normalized spacial score (nSPS) is 9.75. The molecule has 0 fully saturated rings. The molecule has 0 aliphatic carbocycles. The largest absolute Gasteiger partial charge is 0.508 e. The molecule has 0 atom stereocenters. The number of nitrogens with zero attached hydrogens (tertiary/aromatic N) is 1. The Balaban J connectivity index is 2.16. The Labute approximate surface area is 116 Å². The Bertz CT molecular complexity index is 690. The first-order chi connectivity index (χ1) is 9.60. The van der Waals surface area contributed by atoms with Gasteiger partial charge in [0, 0.05) is 35.5 Å². The molecule has 2 aromatic rings. The molecular formula is C15H12N2O3. The van der Waals surface area contributed by atoms with Gasteiger partial charge in [0.05, 0.1) is 4.92 Å². The number of aromatic hydroxyl groups is 1. The Morgan fingerprint density at radius 1 is 1.30 bits per heavy atom. The second-order valence-electron chi connectivity index (χ2n) is 4.15. The summed E-state index contributed by atoms with van der Waals surface area (Å²) < 4.78 is 0. The van der Waals surface area contributed by atoms with E-state index >= 15 is 0 Å². The predicted octanol–water partition coefficient (Wildman–Crippen LogP) is 2.89. The molecule has 0 saturated carbocycles. The molecule has 5 heteroatoms. The fourth-order valence-corrected chi connectivity index (χ4v) is 1.74. The van der Waals surface area contributed by atoms with Gasteiger partial charge in [0.25, 0.3) is 5.69 Å². The molecule has 0 radical (unpaired) electrons. The topological polar surface area (TPSA) is 75.4 Å². The number of anilines is 1. The van der Waals surface area contributed by atoms with Crippen molar-refractivity contribution in [3.05, 3.63) is 63.7 Å². The van der Waals surface area contributed by atoms with Crippen LogP contribution in [-0.2, 0) is 6.54 Å².